The van der Waals surface area contributed by atoms with Gasteiger partial charge >= 0.3 is 5.97 Å². The molecule has 1 heterocycles. The van der Waals surface area contributed by atoms with Crippen LogP contribution in [0.1, 0.15) is 29.5 Å². The molecule has 0 saturated carbocycles. The first-order valence-corrected chi connectivity index (χ1v) is 13.2. The second-order valence-electron chi connectivity index (χ2n) is 8.59. The summed E-state index contributed by atoms with van der Waals surface area (Å²) in [6, 6.07) is 27.8. The molecule has 0 saturated heterocycles. The molecule has 4 aromatic rings. The SMILES string of the molecule is O=C(O)CCCc1cccc(CN(Cc2ccc(-c3cccnc3)cc2)S(=O)(=O)c2ccccc2)c1. The van der Waals surface area contributed by atoms with Gasteiger partial charge in [0, 0.05) is 31.9 Å². The lowest BCUT2D eigenvalue weighted by Crippen LogP contribution is -2.30. The Morgan fingerprint density at radius 2 is 1.50 bits per heavy atom. The molecule has 7 heteroatoms. The first-order chi connectivity index (χ1) is 17.4. The van der Waals surface area contributed by atoms with E-state index in [4.69, 9.17) is 5.11 Å². The zero-order valence-corrected chi connectivity index (χ0v) is 20.6. The average molecular weight is 501 g/mol. The molecule has 0 radical (unpaired) electrons. The molecule has 0 amide bonds. The molecule has 4 rings (SSSR count). The van der Waals surface area contributed by atoms with E-state index in [0.717, 1.165) is 27.8 Å². The van der Waals surface area contributed by atoms with Crippen molar-refractivity contribution in [1.82, 2.24) is 9.29 Å². The van der Waals surface area contributed by atoms with Gasteiger partial charge in [-0.1, -0.05) is 72.8 Å². The largest absolute Gasteiger partial charge is 0.481 e. The van der Waals surface area contributed by atoms with Gasteiger partial charge in [-0.2, -0.15) is 4.31 Å². The Morgan fingerprint density at radius 3 is 2.19 bits per heavy atom. The number of carboxylic acid groups (broad SMARTS) is 1. The van der Waals surface area contributed by atoms with Crippen molar-refractivity contribution in [1.29, 1.82) is 0 Å². The minimum atomic E-state index is -3.76. The molecular formula is C29H28N2O4S. The summed E-state index contributed by atoms with van der Waals surface area (Å²) in [5.41, 5.74) is 4.73. The quantitative estimate of drug-likeness (QED) is 0.292. The Labute approximate surface area is 211 Å². The van der Waals surface area contributed by atoms with Crippen LogP contribution in [0, 0.1) is 0 Å². The lowest BCUT2D eigenvalue weighted by atomic mass is 10.0. The van der Waals surface area contributed by atoms with E-state index in [1.54, 1.807) is 42.7 Å². The van der Waals surface area contributed by atoms with Gasteiger partial charge in [0.25, 0.3) is 0 Å². The highest BCUT2D eigenvalue weighted by atomic mass is 32.2. The minimum absolute atomic E-state index is 0.105. The maximum absolute atomic E-state index is 13.6. The number of hydrogen-bond acceptors (Lipinski definition) is 4. The Hall–Kier alpha value is -3.81. The summed E-state index contributed by atoms with van der Waals surface area (Å²) in [5.74, 6) is -0.819. The smallest absolute Gasteiger partial charge is 0.303 e. The zero-order valence-electron chi connectivity index (χ0n) is 19.8. The van der Waals surface area contributed by atoms with Crippen LogP contribution in [0.4, 0.5) is 0 Å². The van der Waals surface area contributed by atoms with Crippen LogP contribution in [0.15, 0.2) is 108 Å². The zero-order chi connectivity index (χ0) is 25.4. The van der Waals surface area contributed by atoms with Gasteiger partial charge in [0.05, 0.1) is 4.90 Å². The highest BCUT2D eigenvalue weighted by molar-refractivity contribution is 7.89. The van der Waals surface area contributed by atoms with Crippen molar-refractivity contribution in [3.05, 3.63) is 120 Å². The fourth-order valence-corrected chi connectivity index (χ4v) is 5.48. The topological polar surface area (TPSA) is 87.6 Å². The molecule has 0 spiro atoms. The second kappa shape index (κ2) is 11.7. The third-order valence-corrected chi connectivity index (χ3v) is 7.70. The van der Waals surface area contributed by atoms with E-state index in [-0.39, 0.29) is 24.4 Å². The lowest BCUT2D eigenvalue weighted by Gasteiger charge is -2.23. The normalized spacial score (nSPS) is 11.5. The van der Waals surface area contributed by atoms with Gasteiger partial charge in [-0.05, 0) is 58.9 Å². The summed E-state index contributed by atoms with van der Waals surface area (Å²) in [5, 5.41) is 8.91. The van der Waals surface area contributed by atoms with Crippen molar-refractivity contribution in [2.24, 2.45) is 0 Å². The van der Waals surface area contributed by atoms with E-state index in [1.807, 2.05) is 60.7 Å². The van der Waals surface area contributed by atoms with Crippen LogP contribution in [-0.2, 0) is 34.3 Å². The summed E-state index contributed by atoms with van der Waals surface area (Å²) in [6.07, 6.45) is 4.79. The van der Waals surface area contributed by atoms with Crippen LogP contribution < -0.4 is 0 Å². The highest BCUT2D eigenvalue weighted by Gasteiger charge is 2.25. The predicted octanol–water partition coefficient (Wildman–Crippen LogP) is 5.55. The summed E-state index contributed by atoms with van der Waals surface area (Å²) in [7, 11) is -3.76. The van der Waals surface area contributed by atoms with Gasteiger partial charge in [0.15, 0.2) is 0 Å². The van der Waals surface area contributed by atoms with E-state index in [1.165, 1.54) is 4.31 Å². The molecule has 3 aromatic carbocycles. The maximum Gasteiger partial charge on any atom is 0.303 e. The van der Waals surface area contributed by atoms with Crippen molar-refractivity contribution < 1.29 is 18.3 Å². The van der Waals surface area contributed by atoms with Gasteiger partial charge in [0.1, 0.15) is 0 Å². The second-order valence-corrected chi connectivity index (χ2v) is 10.5. The number of sulfonamides is 1. The van der Waals surface area contributed by atoms with Crippen molar-refractivity contribution in [2.75, 3.05) is 0 Å². The number of carbonyl (C=O) groups is 1. The molecule has 1 N–H and O–H groups in total. The van der Waals surface area contributed by atoms with Crippen LogP contribution in [-0.4, -0.2) is 28.8 Å². The summed E-state index contributed by atoms with van der Waals surface area (Å²) in [4.78, 5) is 15.3. The molecule has 6 nitrogen and oxygen atoms in total. The molecule has 0 bridgehead atoms. The molecule has 0 aliphatic rings. The highest BCUT2D eigenvalue weighted by Crippen LogP contribution is 2.24. The third kappa shape index (κ3) is 6.65. The number of carboxylic acids is 1. The van der Waals surface area contributed by atoms with E-state index in [0.29, 0.717) is 12.8 Å². The molecule has 0 atom stereocenters. The fourth-order valence-electron chi connectivity index (χ4n) is 4.04. The van der Waals surface area contributed by atoms with Crippen molar-refractivity contribution in [3.8, 4) is 11.1 Å². The molecule has 0 unspecified atom stereocenters. The van der Waals surface area contributed by atoms with Crippen LogP contribution in [0.5, 0.6) is 0 Å². The number of rotatable bonds is 11. The predicted molar refractivity (Wildman–Crippen MR) is 140 cm³/mol. The van der Waals surface area contributed by atoms with Gasteiger partial charge in [-0.3, -0.25) is 9.78 Å². The van der Waals surface area contributed by atoms with Crippen molar-refractivity contribution in [3.63, 3.8) is 0 Å². The van der Waals surface area contributed by atoms with Crippen LogP contribution in [0.3, 0.4) is 0 Å². The van der Waals surface area contributed by atoms with E-state index < -0.39 is 16.0 Å². The van der Waals surface area contributed by atoms with Gasteiger partial charge in [-0.15, -0.1) is 0 Å². The fraction of sp³-hybridized carbons (Fsp3) is 0.172. The minimum Gasteiger partial charge on any atom is -0.481 e. The molecule has 0 fully saturated rings. The summed E-state index contributed by atoms with van der Waals surface area (Å²) >= 11 is 0. The average Bonchev–Trinajstić information content (AvgIpc) is 2.90. The molecule has 1 aromatic heterocycles. The molecular weight excluding hydrogens is 472 g/mol. The Bertz CT molecular complexity index is 1390. The van der Waals surface area contributed by atoms with Gasteiger partial charge < -0.3 is 5.11 Å². The standard InChI is InChI=1S/C29H28N2O4S/c32-29(33)13-5-8-23-7-4-9-25(19-23)22-31(36(34,35)28-11-2-1-3-12-28)21-24-14-16-26(17-15-24)27-10-6-18-30-20-27/h1-4,6-7,9-12,14-20H,5,8,13,21-22H2,(H,32,33). The Kier molecular flexibility index (Phi) is 8.25. The number of nitrogens with zero attached hydrogens (tertiary/aromatic N) is 2. The van der Waals surface area contributed by atoms with Crippen molar-refractivity contribution in [2.45, 2.75) is 37.2 Å². The third-order valence-electron chi connectivity index (χ3n) is 5.90. The number of pyridine rings is 1. The number of aliphatic carboxylic acids is 1. The number of benzene rings is 3. The van der Waals surface area contributed by atoms with E-state index in [9.17, 15) is 13.2 Å². The van der Waals surface area contributed by atoms with Crippen LogP contribution >= 0.6 is 0 Å². The number of hydrogen-bond donors (Lipinski definition) is 1. The van der Waals surface area contributed by atoms with E-state index in [2.05, 4.69) is 4.98 Å². The Morgan fingerprint density at radius 1 is 0.778 bits per heavy atom. The number of aryl methyl sites for hydroxylation is 1. The molecule has 36 heavy (non-hydrogen) atoms. The van der Waals surface area contributed by atoms with Gasteiger partial charge in [0.2, 0.25) is 10.0 Å². The summed E-state index contributed by atoms with van der Waals surface area (Å²) < 4.78 is 28.7. The molecule has 0 aliphatic carbocycles. The van der Waals surface area contributed by atoms with Crippen molar-refractivity contribution >= 4 is 16.0 Å². The van der Waals surface area contributed by atoms with Crippen LogP contribution in [0.2, 0.25) is 0 Å². The Balaban J connectivity index is 1.59. The monoisotopic (exact) mass is 500 g/mol. The van der Waals surface area contributed by atoms with Gasteiger partial charge in [-0.25, -0.2) is 8.42 Å². The lowest BCUT2D eigenvalue weighted by molar-refractivity contribution is -0.137. The summed E-state index contributed by atoms with van der Waals surface area (Å²) in [6.45, 7) is 0.419. The van der Waals surface area contributed by atoms with E-state index >= 15 is 0 Å². The number of aromatic nitrogens is 1. The molecule has 0 aliphatic heterocycles. The van der Waals surface area contributed by atoms with Crippen LogP contribution in [0.25, 0.3) is 11.1 Å². The maximum atomic E-state index is 13.6. The first kappa shape index (κ1) is 25.3. The first-order valence-electron chi connectivity index (χ1n) is 11.8. The molecule has 184 valence electrons.